The molecule has 0 aromatic heterocycles. The molecule has 0 radical (unpaired) electrons. The van der Waals surface area contributed by atoms with Crippen LogP contribution in [0.4, 0.5) is 5.69 Å². The maximum atomic E-state index is 12.8. The normalized spacial score (nSPS) is 13.1. The van der Waals surface area contributed by atoms with E-state index in [4.69, 9.17) is 23.7 Å². The molecule has 1 aliphatic heterocycles. The third-order valence-corrected chi connectivity index (χ3v) is 5.13. The van der Waals surface area contributed by atoms with Crippen molar-refractivity contribution in [2.75, 3.05) is 21.3 Å². The zero-order chi connectivity index (χ0) is 25.1. The molecule has 3 aromatic rings. The van der Waals surface area contributed by atoms with Gasteiger partial charge in [-0.1, -0.05) is 12.1 Å². The molecule has 0 spiro atoms. The van der Waals surface area contributed by atoms with Crippen molar-refractivity contribution >= 4 is 23.5 Å². The van der Waals surface area contributed by atoms with E-state index in [0.29, 0.717) is 11.3 Å². The molecule has 0 bridgehead atoms. The molecule has 0 fully saturated rings. The minimum absolute atomic E-state index is 0.00592. The Hall–Kier alpha value is -4.86. The first kappa shape index (κ1) is 23.3. The zero-order valence-corrected chi connectivity index (χ0v) is 18.9. The van der Waals surface area contributed by atoms with Crippen LogP contribution in [0.15, 0.2) is 60.4 Å². The summed E-state index contributed by atoms with van der Waals surface area (Å²) in [6.07, 6.45) is 1.41. The number of allylic oxidation sites excluding steroid dienone is 1. The van der Waals surface area contributed by atoms with Gasteiger partial charge in [0.15, 0.2) is 17.3 Å². The van der Waals surface area contributed by atoms with E-state index in [0.717, 1.165) is 0 Å². The number of ketones is 1. The lowest BCUT2D eigenvalue weighted by atomic mass is 10.1. The van der Waals surface area contributed by atoms with Gasteiger partial charge in [0.2, 0.25) is 11.5 Å². The predicted octanol–water partition coefficient (Wildman–Crippen LogP) is 4.46. The Balaban J connectivity index is 1.57. The van der Waals surface area contributed by atoms with Gasteiger partial charge in [0, 0.05) is 18.2 Å². The average molecular weight is 477 g/mol. The van der Waals surface area contributed by atoms with Crippen LogP contribution in [-0.4, -0.2) is 38.0 Å². The van der Waals surface area contributed by atoms with Gasteiger partial charge < -0.3 is 23.7 Å². The summed E-state index contributed by atoms with van der Waals surface area (Å²) in [5.41, 5.74) is 0.755. The molecule has 0 atom stereocenters. The Labute approximate surface area is 199 Å². The van der Waals surface area contributed by atoms with Crippen LogP contribution < -0.4 is 23.7 Å². The molecule has 0 N–H and O–H groups in total. The lowest BCUT2D eigenvalue weighted by Gasteiger charge is -2.13. The van der Waals surface area contributed by atoms with Crippen molar-refractivity contribution in [2.45, 2.75) is 0 Å². The summed E-state index contributed by atoms with van der Waals surface area (Å²) in [6.45, 7) is 0. The molecule has 3 aromatic carbocycles. The highest BCUT2D eigenvalue weighted by atomic mass is 16.6. The molecule has 10 nitrogen and oxygen atoms in total. The molecule has 1 aliphatic rings. The van der Waals surface area contributed by atoms with Crippen LogP contribution >= 0.6 is 0 Å². The van der Waals surface area contributed by atoms with Gasteiger partial charge >= 0.3 is 5.97 Å². The van der Waals surface area contributed by atoms with Crippen LogP contribution in [0.3, 0.4) is 0 Å². The highest BCUT2D eigenvalue weighted by Crippen LogP contribution is 2.39. The largest absolute Gasteiger partial charge is 0.493 e. The third kappa shape index (κ3) is 4.62. The third-order valence-electron chi connectivity index (χ3n) is 5.13. The Morgan fingerprint density at radius 1 is 0.971 bits per heavy atom. The van der Waals surface area contributed by atoms with Crippen LogP contribution in [0.1, 0.15) is 26.3 Å². The topological polar surface area (TPSA) is 123 Å². The van der Waals surface area contributed by atoms with E-state index < -0.39 is 16.7 Å². The number of rotatable bonds is 7. The summed E-state index contributed by atoms with van der Waals surface area (Å²) in [6, 6.07) is 13.1. The number of carbonyl (C=O) groups excluding carboxylic acids is 2. The summed E-state index contributed by atoms with van der Waals surface area (Å²) in [7, 11) is 4.31. The van der Waals surface area contributed by atoms with E-state index >= 15 is 0 Å². The van der Waals surface area contributed by atoms with Crippen molar-refractivity contribution in [1.29, 1.82) is 0 Å². The fraction of sp³-hybridized carbons (Fsp3) is 0.120. The first-order chi connectivity index (χ1) is 16.8. The number of benzene rings is 3. The van der Waals surface area contributed by atoms with Gasteiger partial charge in [0.05, 0.1) is 37.4 Å². The zero-order valence-electron chi connectivity index (χ0n) is 18.9. The van der Waals surface area contributed by atoms with Gasteiger partial charge in [-0.15, -0.1) is 0 Å². The maximum Gasteiger partial charge on any atom is 0.343 e. The number of methoxy groups -OCH3 is 3. The van der Waals surface area contributed by atoms with Gasteiger partial charge in [0.25, 0.3) is 5.69 Å². The molecule has 178 valence electrons. The second-order valence-corrected chi connectivity index (χ2v) is 7.25. The molecule has 4 rings (SSSR count). The standard InChI is InChI=1S/C25H19NO9/c1-31-21-11-15(12-22(32-2)24(21)33-3)25(28)34-17-7-8-18-19(13-17)35-20(23(18)27)10-14-5-4-6-16(9-14)26(29)30/h4-13H,1-3H3/b20-10-. The summed E-state index contributed by atoms with van der Waals surface area (Å²) in [5, 5.41) is 11.0. The van der Waals surface area contributed by atoms with E-state index in [9.17, 15) is 19.7 Å². The summed E-state index contributed by atoms with van der Waals surface area (Å²) < 4.78 is 26.9. The van der Waals surface area contributed by atoms with Crippen LogP contribution in [0.2, 0.25) is 0 Å². The van der Waals surface area contributed by atoms with Crippen LogP contribution in [0.5, 0.6) is 28.7 Å². The minimum atomic E-state index is -0.694. The van der Waals surface area contributed by atoms with Gasteiger partial charge in [-0.2, -0.15) is 0 Å². The van der Waals surface area contributed by atoms with E-state index in [1.54, 1.807) is 6.07 Å². The molecule has 0 unspecified atom stereocenters. The number of non-ortho nitro benzene ring substituents is 1. The SMILES string of the molecule is COc1cc(C(=O)Oc2ccc3c(c2)O/C(=C\c2cccc([N+](=O)[O-])c2)C3=O)cc(OC)c1OC. The summed E-state index contributed by atoms with van der Waals surface area (Å²) in [4.78, 5) is 35.9. The Morgan fingerprint density at radius 3 is 2.31 bits per heavy atom. The fourth-order valence-corrected chi connectivity index (χ4v) is 3.48. The quantitative estimate of drug-likeness (QED) is 0.160. The number of hydrogen-bond acceptors (Lipinski definition) is 9. The number of fused-ring (bicyclic) bond motifs is 1. The first-order valence-electron chi connectivity index (χ1n) is 10.2. The van der Waals surface area contributed by atoms with Crippen molar-refractivity contribution in [2.24, 2.45) is 0 Å². The molecule has 0 aliphatic carbocycles. The molecular formula is C25H19NO9. The van der Waals surface area contributed by atoms with Crippen molar-refractivity contribution in [1.82, 2.24) is 0 Å². The van der Waals surface area contributed by atoms with Crippen molar-refractivity contribution < 1.29 is 38.2 Å². The predicted molar refractivity (Wildman–Crippen MR) is 124 cm³/mol. The van der Waals surface area contributed by atoms with E-state index in [1.165, 1.54) is 75.9 Å². The van der Waals surface area contributed by atoms with E-state index in [-0.39, 0.29) is 45.6 Å². The van der Waals surface area contributed by atoms with E-state index in [2.05, 4.69) is 0 Å². The average Bonchev–Trinajstić information content (AvgIpc) is 3.17. The van der Waals surface area contributed by atoms with Gasteiger partial charge in [-0.05, 0) is 35.9 Å². The number of ether oxygens (including phenoxy) is 5. The van der Waals surface area contributed by atoms with Crippen LogP contribution in [0, 0.1) is 10.1 Å². The highest BCUT2D eigenvalue weighted by Gasteiger charge is 2.28. The Kier molecular flexibility index (Phi) is 6.36. The molecule has 0 saturated carbocycles. The van der Waals surface area contributed by atoms with E-state index in [1.807, 2.05) is 0 Å². The molecule has 35 heavy (non-hydrogen) atoms. The molecule has 0 saturated heterocycles. The van der Waals surface area contributed by atoms with Gasteiger partial charge in [-0.25, -0.2) is 4.79 Å². The van der Waals surface area contributed by atoms with Crippen molar-refractivity contribution in [3.8, 4) is 28.7 Å². The number of esters is 1. The molecular weight excluding hydrogens is 458 g/mol. The lowest BCUT2D eigenvalue weighted by molar-refractivity contribution is -0.384. The van der Waals surface area contributed by atoms with Crippen LogP contribution in [0.25, 0.3) is 6.08 Å². The smallest absolute Gasteiger partial charge is 0.343 e. The number of nitrogens with zero attached hydrogens (tertiary/aromatic N) is 1. The second kappa shape index (κ2) is 9.56. The molecule has 1 heterocycles. The highest BCUT2D eigenvalue weighted by molar-refractivity contribution is 6.14. The Morgan fingerprint density at radius 2 is 1.69 bits per heavy atom. The summed E-state index contributed by atoms with van der Waals surface area (Å²) >= 11 is 0. The monoisotopic (exact) mass is 477 g/mol. The summed E-state index contributed by atoms with van der Waals surface area (Å²) in [5.74, 6) is 0.159. The molecule has 10 heteroatoms. The van der Waals surface area contributed by atoms with Crippen LogP contribution in [-0.2, 0) is 0 Å². The van der Waals surface area contributed by atoms with Crippen molar-refractivity contribution in [3.05, 3.63) is 87.2 Å². The lowest BCUT2D eigenvalue weighted by Crippen LogP contribution is -2.09. The maximum absolute atomic E-state index is 12.8. The number of carbonyl (C=O) groups is 2. The number of nitro benzene ring substituents is 1. The van der Waals surface area contributed by atoms with Gasteiger partial charge in [0.1, 0.15) is 11.5 Å². The number of hydrogen-bond donors (Lipinski definition) is 0. The second-order valence-electron chi connectivity index (χ2n) is 7.25. The minimum Gasteiger partial charge on any atom is -0.493 e. The number of Topliss-reactive ketones (excluding diaryl/α,β-unsaturated/α-hetero) is 1. The van der Waals surface area contributed by atoms with Crippen molar-refractivity contribution in [3.63, 3.8) is 0 Å². The van der Waals surface area contributed by atoms with Gasteiger partial charge in [-0.3, -0.25) is 14.9 Å². The molecule has 0 amide bonds. The first-order valence-corrected chi connectivity index (χ1v) is 10.2. The Bertz CT molecular complexity index is 1350. The number of nitro groups is 1. The fourth-order valence-electron chi connectivity index (χ4n) is 3.48.